The molecule has 0 aliphatic carbocycles. The molecule has 0 saturated carbocycles. The number of H-pyrrole nitrogens is 1. The zero-order valence-electron chi connectivity index (χ0n) is 18.3. The number of carbonyl (C=O) groups excluding carboxylic acids is 3. The first kappa shape index (κ1) is 32.7. The molecule has 0 saturated heterocycles. The van der Waals surface area contributed by atoms with Gasteiger partial charge in [-0.1, -0.05) is 0 Å². The van der Waals surface area contributed by atoms with E-state index in [2.05, 4.69) is 44.4 Å². The van der Waals surface area contributed by atoms with Crippen LogP contribution < -0.4 is 21.9 Å². The van der Waals surface area contributed by atoms with Crippen molar-refractivity contribution in [3.8, 4) is 0 Å². The largest absolute Gasteiger partial charge is 0.379 e. The second kappa shape index (κ2) is 14.9. The minimum Gasteiger partial charge on any atom is -0.379 e. The molecule has 2 aromatic heterocycles. The molecule has 3 rings (SSSR count). The number of nitrogens with one attached hydrogen (secondary N) is 3. The molecule has 1 aromatic carbocycles. The van der Waals surface area contributed by atoms with Crippen LogP contribution in [0.1, 0.15) is 28.9 Å². The fourth-order valence-corrected chi connectivity index (χ4v) is 2.85. The minimum atomic E-state index is -0.856. The molecular weight excluding hydrogens is 966 g/mol. The van der Waals surface area contributed by atoms with Crippen LogP contribution in [0.3, 0.4) is 0 Å². The molecule has 0 spiro atoms. The summed E-state index contributed by atoms with van der Waals surface area (Å²) in [5.41, 5.74) is 6.79. The Hall–Kier alpha value is -2.35. The van der Waals surface area contributed by atoms with Crippen LogP contribution in [0.15, 0.2) is 35.3 Å². The normalized spacial score (nSPS) is 10.6. The Morgan fingerprint density at radius 1 is 1.06 bits per heavy atom. The number of Topliss-reactive ketones (excluding diaryl/α,β-unsaturated/α-hetero) is 2. The molecule has 35 heavy (non-hydrogen) atoms. The van der Waals surface area contributed by atoms with Crippen LogP contribution in [0, 0.1) is 13.8 Å². The molecule has 11 nitrogen and oxygen atoms in total. The summed E-state index contributed by atoms with van der Waals surface area (Å²) in [7, 11) is 0. The number of nitrogens with two attached hydrogens (primary N) is 1. The van der Waals surface area contributed by atoms with Crippen molar-refractivity contribution in [3.63, 3.8) is 0 Å². The first-order chi connectivity index (χ1) is 15.2. The van der Waals surface area contributed by atoms with Crippen LogP contribution in [-0.2, 0) is 79.3 Å². The number of benzene rings is 1. The first-order valence-corrected chi connectivity index (χ1v) is 9.59. The molecule has 0 bridgehead atoms. The maximum Gasteiger partial charge on any atom is 0.280 e. The number of fused-ring (bicyclic) bond motifs is 1. The Bertz CT molecular complexity index is 1240. The van der Waals surface area contributed by atoms with Gasteiger partial charge in [-0.2, -0.15) is 4.98 Å². The van der Waals surface area contributed by atoms with E-state index in [4.69, 9.17) is 5.73 Å². The number of carbonyl (C=O) groups is 3. The Morgan fingerprint density at radius 3 is 2.31 bits per heavy atom. The average molecular weight is 987 g/mol. The standard InChI is InChI=1S/C21H21N7O4.3W/c1-11(29)3-8-16(12(2)30)26-19(31)13-4-6-14(7-5-13)23-9-15-10-24-18-17(25-15)20(32)28-21(22)27-18;;;/h4-7,10,16,23H,1-3,8-9H2,(H,26,31)(H3,22,24,27,28,32);;;/q-2;;;. The van der Waals surface area contributed by atoms with Gasteiger partial charge in [0.05, 0.1) is 24.5 Å². The molecule has 184 valence electrons. The zero-order chi connectivity index (χ0) is 23.3. The van der Waals surface area contributed by atoms with Gasteiger partial charge >= 0.3 is 0 Å². The van der Waals surface area contributed by atoms with Crippen molar-refractivity contribution in [2.24, 2.45) is 0 Å². The number of hydrogen-bond donors (Lipinski definition) is 4. The first-order valence-electron chi connectivity index (χ1n) is 9.59. The van der Waals surface area contributed by atoms with E-state index in [9.17, 15) is 19.2 Å². The molecule has 0 aliphatic heterocycles. The summed E-state index contributed by atoms with van der Waals surface area (Å²) in [5.74, 6) is -1.29. The predicted octanol–water partition coefficient (Wildman–Crippen LogP) is 0.585. The molecule has 14 heteroatoms. The maximum absolute atomic E-state index is 12.4. The third kappa shape index (κ3) is 9.32. The van der Waals surface area contributed by atoms with E-state index in [0.29, 0.717) is 16.9 Å². The molecule has 1 unspecified atom stereocenters. The van der Waals surface area contributed by atoms with E-state index >= 15 is 0 Å². The SMILES string of the molecule is [CH2-]C(=O)CCC(NC(=O)c1ccc(NCc2cnc3nc(N)[nH]c(=O)c3n2)cc1)C([CH2-])=O.[W].[W].[W]. The van der Waals surface area contributed by atoms with Crippen molar-refractivity contribution in [1.29, 1.82) is 0 Å². The number of hydrogen-bond acceptors (Lipinski definition) is 9. The smallest absolute Gasteiger partial charge is 0.280 e. The van der Waals surface area contributed by atoms with Gasteiger partial charge < -0.3 is 39.8 Å². The van der Waals surface area contributed by atoms with Crippen molar-refractivity contribution in [2.75, 3.05) is 11.1 Å². The third-order valence-corrected chi connectivity index (χ3v) is 4.51. The van der Waals surface area contributed by atoms with Crippen molar-refractivity contribution < 1.29 is 77.6 Å². The van der Waals surface area contributed by atoms with Crippen LogP contribution in [0.5, 0.6) is 0 Å². The quantitative estimate of drug-likeness (QED) is 0.224. The van der Waals surface area contributed by atoms with Crippen molar-refractivity contribution in [2.45, 2.75) is 25.4 Å². The number of rotatable bonds is 9. The number of aromatic amines is 1. The van der Waals surface area contributed by atoms with Crippen molar-refractivity contribution in [1.82, 2.24) is 25.3 Å². The number of ketones is 2. The van der Waals surface area contributed by atoms with Gasteiger partial charge in [-0.05, 0) is 42.9 Å². The van der Waals surface area contributed by atoms with Gasteiger partial charge in [0.1, 0.15) is 0 Å². The molecule has 1 amide bonds. The fourth-order valence-electron chi connectivity index (χ4n) is 2.85. The van der Waals surface area contributed by atoms with Crippen LogP contribution in [-0.4, -0.2) is 43.5 Å². The number of nitrogen functional groups attached to an aromatic ring is 1. The molecular formula is C21H21N7O4W3-2. The topological polar surface area (TPSA) is 173 Å². The average Bonchev–Trinajstić information content (AvgIpc) is 2.75. The second-order valence-electron chi connectivity index (χ2n) is 6.99. The Labute approximate surface area is 244 Å². The van der Waals surface area contributed by atoms with Gasteiger partial charge in [0, 0.05) is 80.2 Å². The summed E-state index contributed by atoms with van der Waals surface area (Å²) in [5, 5.41) is 5.69. The van der Waals surface area contributed by atoms with Gasteiger partial charge in [0.25, 0.3) is 11.5 Å². The Balaban J connectivity index is 0.00000385. The van der Waals surface area contributed by atoms with Crippen molar-refractivity contribution >= 4 is 40.3 Å². The molecule has 0 aliphatic rings. The second-order valence-corrected chi connectivity index (χ2v) is 6.99. The predicted molar refractivity (Wildman–Crippen MR) is 117 cm³/mol. The Morgan fingerprint density at radius 2 is 1.71 bits per heavy atom. The van der Waals surface area contributed by atoms with Crippen LogP contribution in [0.25, 0.3) is 11.2 Å². The number of anilines is 2. The van der Waals surface area contributed by atoms with Gasteiger partial charge in [0.15, 0.2) is 11.2 Å². The summed E-state index contributed by atoms with van der Waals surface area (Å²) < 4.78 is 0. The minimum absolute atomic E-state index is 0. The van der Waals surface area contributed by atoms with E-state index in [-0.39, 0.29) is 105 Å². The van der Waals surface area contributed by atoms with Crippen molar-refractivity contribution in [3.05, 3.63) is 65.9 Å². The summed E-state index contributed by atoms with van der Waals surface area (Å²) in [6.45, 7) is 6.85. The van der Waals surface area contributed by atoms with Crippen LogP contribution in [0.4, 0.5) is 11.6 Å². The van der Waals surface area contributed by atoms with Crippen LogP contribution >= 0.6 is 0 Å². The van der Waals surface area contributed by atoms with Gasteiger partial charge in [-0.25, -0.2) is 9.97 Å². The summed E-state index contributed by atoms with van der Waals surface area (Å²) in [6.07, 6.45) is 1.70. The number of nitrogens with zero attached hydrogens (tertiary/aromatic N) is 3. The number of aromatic nitrogens is 4. The molecule has 3 aromatic rings. The zero-order valence-corrected chi connectivity index (χ0v) is 27.1. The number of amides is 1. The van der Waals surface area contributed by atoms with Crippen LogP contribution in [0.2, 0.25) is 0 Å². The molecule has 5 N–H and O–H groups in total. The summed E-state index contributed by atoms with van der Waals surface area (Å²) in [6, 6.07) is 5.67. The third-order valence-electron chi connectivity index (χ3n) is 4.51. The van der Waals surface area contributed by atoms with Gasteiger partial charge in [-0.15, -0.1) is 0 Å². The van der Waals surface area contributed by atoms with Gasteiger partial charge in [0.2, 0.25) is 5.95 Å². The van der Waals surface area contributed by atoms with Gasteiger partial charge in [-0.3, -0.25) is 14.6 Å². The molecule has 2 heterocycles. The summed E-state index contributed by atoms with van der Waals surface area (Å²) >= 11 is 0. The maximum atomic E-state index is 12.4. The van der Waals surface area contributed by atoms with E-state index in [1.807, 2.05) is 0 Å². The fraction of sp³-hybridized carbons (Fsp3) is 0.190. The monoisotopic (exact) mass is 987 g/mol. The van der Waals surface area contributed by atoms with E-state index in [0.717, 1.165) is 0 Å². The van der Waals surface area contributed by atoms with E-state index in [1.54, 1.807) is 24.3 Å². The Kier molecular flexibility index (Phi) is 13.9. The summed E-state index contributed by atoms with van der Waals surface area (Å²) in [4.78, 5) is 61.6. The molecule has 0 radical (unpaired) electrons. The van der Waals surface area contributed by atoms with E-state index in [1.165, 1.54) is 6.20 Å². The van der Waals surface area contributed by atoms with E-state index < -0.39 is 23.3 Å². The molecule has 0 fully saturated rings. The molecule has 1 atom stereocenters.